The average molecular weight is 339 g/mol. The molecule has 0 unspecified atom stereocenters. The van der Waals surface area contributed by atoms with Gasteiger partial charge in [-0.1, -0.05) is 29.8 Å². The Labute approximate surface area is 127 Å². The zero-order valence-corrected chi connectivity index (χ0v) is 13.2. The van der Waals surface area contributed by atoms with Crippen molar-refractivity contribution in [2.75, 3.05) is 0 Å². The SMILES string of the molecule is CC(C)[C@H](NC(=O)c1ccc(Br)cc1)C(=O)NC1CC1. The highest BCUT2D eigenvalue weighted by Gasteiger charge is 2.30. The van der Waals surface area contributed by atoms with Gasteiger partial charge in [-0.25, -0.2) is 0 Å². The van der Waals surface area contributed by atoms with Gasteiger partial charge in [-0.05, 0) is 43.0 Å². The first-order valence-electron chi connectivity index (χ1n) is 6.84. The molecule has 1 saturated carbocycles. The molecule has 1 aliphatic rings. The lowest BCUT2D eigenvalue weighted by Crippen LogP contribution is -2.50. The van der Waals surface area contributed by atoms with Crippen molar-refractivity contribution in [2.45, 2.75) is 38.8 Å². The first kappa shape index (κ1) is 15.0. The number of halogens is 1. The van der Waals surface area contributed by atoms with Crippen LogP contribution in [0.1, 0.15) is 37.0 Å². The van der Waals surface area contributed by atoms with Crippen molar-refractivity contribution < 1.29 is 9.59 Å². The molecule has 1 fully saturated rings. The van der Waals surface area contributed by atoms with Gasteiger partial charge in [0.15, 0.2) is 0 Å². The van der Waals surface area contributed by atoms with Crippen molar-refractivity contribution in [3.8, 4) is 0 Å². The van der Waals surface area contributed by atoms with Crippen LogP contribution in [0, 0.1) is 5.92 Å². The summed E-state index contributed by atoms with van der Waals surface area (Å²) in [6.07, 6.45) is 2.08. The van der Waals surface area contributed by atoms with E-state index in [0.717, 1.165) is 17.3 Å². The molecule has 0 bridgehead atoms. The van der Waals surface area contributed by atoms with E-state index >= 15 is 0 Å². The van der Waals surface area contributed by atoms with E-state index in [1.54, 1.807) is 12.1 Å². The molecule has 5 heteroatoms. The van der Waals surface area contributed by atoms with Crippen molar-refractivity contribution in [1.82, 2.24) is 10.6 Å². The second-order valence-electron chi connectivity index (χ2n) is 5.48. The summed E-state index contributed by atoms with van der Waals surface area (Å²) < 4.78 is 0.918. The Morgan fingerprint density at radius 3 is 2.30 bits per heavy atom. The molecule has 2 rings (SSSR count). The molecule has 0 spiro atoms. The minimum Gasteiger partial charge on any atom is -0.352 e. The van der Waals surface area contributed by atoms with Gasteiger partial charge in [-0.15, -0.1) is 0 Å². The Morgan fingerprint density at radius 2 is 1.80 bits per heavy atom. The maximum absolute atomic E-state index is 12.2. The van der Waals surface area contributed by atoms with Crippen molar-refractivity contribution in [3.05, 3.63) is 34.3 Å². The molecular weight excluding hydrogens is 320 g/mol. The lowest BCUT2D eigenvalue weighted by atomic mass is 10.0. The van der Waals surface area contributed by atoms with Crippen molar-refractivity contribution in [3.63, 3.8) is 0 Å². The van der Waals surface area contributed by atoms with Crippen LogP contribution >= 0.6 is 15.9 Å². The molecule has 0 aromatic heterocycles. The van der Waals surface area contributed by atoms with Crippen molar-refractivity contribution in [1.29, 1.82) is 0 Å². The Balaban J connectivity index is 2.01. The summed E-state index contributed by atoms with van der Waals surface area (Å²) in [5, 5.41) is 5.76. The smallest absolute Gasteiger partial charge is 0.251 e. The monoisotopic (exact) mass is 338 g/mol. The summed E-state index contributed by atoms with van der Waals surface area (Å²) >= 11 is 3.33. The molecule has 1 aromatic rings. The van der Waals surface area contributed by atoms with Crippen LogP contribution in [0.5, 0.6) is 0 Å². The summed E-state index contributed by atoms with van der Waals surface area (Å²) in [5.74, 6) is -0.261. The van der Waals surface area contributed by atoms with Crippen LogP contribution in [0.25, 0.3) is 0 Å². The number of carbonyl (C=O) groups excluding carboxylic acids is 2. The molecule has 2 N–H and O–H groups in total. The molecule has 1 aromatic carbocycles. The van der Waals surface area contributed by atoms with Crippen LogP contribution < -0.4 is 10.6 Å². The van der Waals surface area contributed by atoms with Crippen molar-refractivity contribution in [2.24, 2.45) is 5.92 Å². The Hall–Kier alpha value is -1.36. The molecule has 2 amide bonds. The quantitative estimate of drug-likeness (QED) is 0.866. The second kappa shape index (κ2) is 6.39. The van der Waals surface area contributed by atoms with E-state index in [1.165, 1.54) is 0 Å². The lowest BCUT2D eigenvalue weighted by molar-refractivity contribution is -0.124. The van der Waals surface area contributed by atoms with E-state index < -0.39 is 6.04 Å². The van der Waals surface area contributed by atoms with Gasteiger partial charge in [-0.2, -0.15) is 0 Å². The maximum atomic E-state index is 12.2. The predicted molar refractivity (Wildman–Crippen MR) is 81.4 cm³/mol. The summed E-state index contributed by atoms with van der Waals surface area (Å²) in [6, 6.07) is 6.89. The average Bonchev–Trinajstić information content (AvgIpc) is 3.19. The molecule has 1 aliphatic carbocycles. The van der Waals surface area contributed by atoms with E-state index in [9.17, 15) is 9.59 Å². The van der Waals surface area contributed by atoms with Crippen LogP contribution in [0.4, 0.5) is 0 Å². The fourth-order valence-corrected chi connectivity index (χ4v) is 2.14. The molecular formula is C15H19BrN2O2. The molecule has 108 valence electrons. The number of hydrogen-bond acceptors (Lipinski definition) is 2. The maximum Gasteiger partial charge on any atom is 0.251 e. The van der Waals surface area contributed by atoms with Gasteiger partial charge in [-0.3, -0.25) is 9.59 Å². The van der Waals surface area contributed by atoms with E-state index in [4.69, 9.17) is 0 Å². The normalized spacial score (nSPS) is 15.8. The standard InChI is InChI=1S/C15H19BrN2O2/c1-9(2)13(15(20)17-12-7-8-12)18-14(19)10-3-5-11(16)6-4-10/h3-6,9,12-13H,7-8H2,1-2H3,(H,17,20)(H,18,19)/t13-/m0/s1. The number of nitrogens with one attached hydrogen (secondary N) is 2. The van der Waals surface area contributed by atoms with E-state index in [2.05, 4.69) is 26.6 Å². The summed E-state index contributed by atoms with van der Waals surface area (Å²) in [5.41, 5.74) is 0.554. The topological polar surface area (TPSA) is 58.2 Å². The van der Waals surface area contributed by atoms with E-state index in [1.807, 2.05) is 26.0 Å². The third-order valence-electron chi connectivity index (χ3n) is 3.27. The van der Waals surface area contributed by atoms with Gasteiger partial charge in [0.1, 0.15) is 6.04 Å². The molecule has 0 aliphatic heterocycles. The zero-order valence-electron chi connectivity index (χ0n) is 11.7. The van der Waals surface area contributed by atoms with E-state index in [-0.39, 0.29) is 17.7 Å². The highest BCUT2D eigenvalue weighted by molar-refractivity contribution is 9.10. The Morgan fingerprint density at radius 1 is 1.20 bits per heavy atom. The van der Waals surface area contributed by atoms with Gasteiger partial charge in [0.05, 0.1) is 0 Å². The highest BCUT2D eigenvalue weighted by Crippen LogP contribution is 2.19. The van der Waals surface area contributed by atoms with Crippen LogP contribution in [-0.4, -0.2) is 23.9 Å². The first-order chi connectivity index (χ1) is 9.47. The van der Waals surface area contributed by atoms with Gasteiger partial charge in [0, 0.05) is 16.1 Å². The second-order valence-corrected chi connectivity index (χ2v) is 6.40. The molecule has 0 heterocycles. The summed E-state index contributed by atoms with van der Waals surface area (Å²) in [6.45, 7) is 3.86. The van der Waals surface area contributed by atoms with Crippen molar-refractivity contribution >= 4 is 27.7 Å². The molecule has 4 nitrogen and oxygen atoms in total. The van der Waals surface area contributed by atoms with E-state index in [0.29, 0.717) is 11.6 Å². The number of amides is 2. The minimum atomic E-state index is -0.494. The van der Waals surface area contributed by atoms with Crippen LogP contribution in [0.3, 0.4) is 0 Å². The molecule has 1 atom stereocenters. The lowest BCUT2D eigenvalue weighted by Gasteiger charge is -2.21. The fraction of sp³-hybridized carbons (Fsp3) is 0.467. The van der Waals surface area contributed by atoms with Gasteiger partial charge >= 0.3 is 0 Å². The molecule has 0 radical (unpaired) electrons. The van der Waals surface area contributed by atoms with Gasteiger partial charge < -0.3 is 10.6 Å². The van der Waals surface area contributed by atoms with Crippen LogP contribution in [-0.2, 0) is 4.79 Å². The Kier molecular flexibility index (Phi) is 4.81. The van der Waals surface area contributed by atoms with Gasteiger partial charge in [0.25, 0.3) is 5.91 Å². The first-order valence-corrected chi connectivity index (χ1v) is 7.63. The zero-order chi connectivity index (χ0) is 14.7. The number of benzene rings is 1. The third kappa shape index (κ3) is 4.07. The number of carbonyl (C=O) groups is 2. The Bertz CT molecular complexity index is 495. The van der Waals surface area contributed by atoms with Crippen LogP contribution in [0.15, 0.2) is 28.7 Å². The molecule has 20 heavy (non-hydrogen) atoms. The number of rotatable bonds is 5. The van der Waals surface area contributed by atoms with Gasteiger partial charge in [0.2, 0.25) is 5.91 Å². The molecule has 0 saturated heterocycles. The largest absolute Gasteiger partial charge is 0.352 e. The predicted octanol–water partition coefficient (Wildman–Crippen LogP) is 2.48. The summed E-state index contributed by atoms with van der Waals surface area (Å²) in [7, 11) is 0. The number of hydrogen-bond donors (Lipinski definition) is 2. The fourth-order valence-electron chi connectivity index (χ4n) is 1.88. The summed E-state index contributed by atoms with van der Waals surface area (Å²) in [4.78, 5) is 24.3. The third-order valence-corrected chi connectivity index (χ3v) is 3.79. The highest BCUT2D eigenvalue weighted by atomic mass is 79.9. The van der Waals surface area contributed by atoms with Crippen LogP contribution in [0.2, 0.25) is 0 Å². The minimum absolute atomic E-state index is 0.0492.